The van der Waals surface area contributed by atoms with Crippen LogP contribution in [0.25, 0.3) is 5.70 Å². The van der Waals surface area contributed by atoms with Crippen LogP contribution < -0.4 is 16.2 Å². The van der Waals surface area contributed by atoms with Gasteiger partial charge in [-0.25, -0.2) is 0 Å². The SMILES string of the molecule is N/C=C(\NCc1cccc(SN)c1)c1ccccc1. The zero-order valence-corrected chi connectivity index (χ0v) is 11.4. The third-order valence-electron chi connectivity index (χ3n) is 2.77. The second-order valence-corrected chi connectivity index (χ2v) is 4.77. The van der Waals surface area contributed by atoms with E-state index in [1.165, 1.54) is 17.5 Å². The Labute approximate surface area is 117 Å². The summed E-state index contributed by atoms with van der Waals surface area (Å²) in [6, 6.07) is 18.1. The molecule has 5 N–H and O–H groups in total. The van der Waals surface area contributed by atoms with E-state index in [0.29, 0.717) is 6.54 Å². The molecule has 0 radical (unpaired) electrons. The summed E-state index contributed by atoms with van der Waals surface area (Å²) in [5.74, 6) is 0. The molecule has 0 aromatic heterocycles. The molecule has 0 atom stereocenters. The Morgan fingerprint density at radius 1 is 1.11 bits per heavy atom. The first-order valence-electron chi connectivity index (χ1n) is 6.00. The molecule has 0 spiro atoms. The van der Waals surface area contributed by atoms with Gasteiger partial charge in [0.1, 0.15) is 0 Å². The number of benzene rings is 2. The predicted molar refractivity (Wildman–Crippen MR) is 81.9 cm³/mol. The van der Waals surface area contributed by atoms with E-state index >= 15 is 0 Å². The van der Waals surface area contributed by atoms with E-state index in [9.17, 15) is 0 Å². The van der Waals surface area contributed by atoms with Crippen LogP contribution in [0.2, 0.25) is 0 Å². The van der Waals surface area contributed by atoms with E-state index in [1.807, 2.05) is 42.5 Å². The van der Waals surface area contributed by atoms with E-state index < -0.39 is 0 Å². The third kappa shape index (κ3) is 3.77. The fraction of sp³-hybridized carbons (Fsp3) is 0.0667. The van der Waals surface area contributed by atoms with Crippen molar-refractivity contribution < 1.29 is 0 Å². The van der Waals surface area contributed by atoms with Gasteiger partial charge in [0.05, 0.1) is 5.70 Å². The summed E-state index contributed by atoms with van der Waals surface area (Å²) in [7, 11) is 0. The molecule has 2 rings (SSSR count). The van der Waals surface area contributed by atoms with Crippen LogP contribution in [-0.4, -0.2) is 0 Å². The molecule has 0 saturated carbocycles. The van der Waals surface area contributed by atoms with E-state index in [4.69, 9.17) is 10.9 Å². The smallest absolute Gasteiger partial charge is 0.0573 e. The molecular formula is C15H17N3S. The van der Waals surface area contributed by atoms with Crippen molar-refractivity contribution >= 4 is 17.6 Å². The van der Waals surface area contributed by atoms with Crippen LogP contribution in [0.15, 0.2) is 65.7 Å². The summed E-state index contributed by atoms with van der Waals surface area (Å²) < 4.78 is 0. The fourth-order valence-electron chi connectivity index (χ4n) is 1.80. The van der Waals surface area contributed by atoms with Crippen molar-refractivity contribution in [1.82, 2.24) is 5.32 Å². The van der Waals surface area contributed by atoms with Crippen LogP contribution in [-0.2, 0) is 6.54 Å². The van der Waals surface area contributed by atoms with E-state index in [0.717, 1.165) is 16.2 Å². The molecule has 2 aromatic carbocycles. The first-order valence-corrected chi connectivity index (χ1v) is 6.88. The Bertz CT molecular complexity index is 552. The summed E-state index contributed by atoms with van der Waals surface area (Å²) >= 11 is 1.25. The molecule has 0 aliphatic carbocycles. The molecule has 0 aliphatic rings. The van der Waals surface area contributed by atoms with Crippen molar-refractivity contribution in [2.75, 3.05) is 0 Å². The minimum Gasteiger partial charge on any atom is -0.403 e. The monoisotopic (exact) mass is 271 g/mol. The summed E-state index contributed by atoms with van der Waals surface area (Å²) in [4.78, 5) is 1.05. The number of hydrogen-bond donors (Lipinski definition) is 3. The van der Waals surface area contributed by atoms with Crippen molar-refractivity contribution in [3.8, 4) is 0 Å². The van der Waals surface area contributed by atoms with Crippen molar-refractivity contribution in [2.24, 2.45) is 10.9 Å². The average Bonchev–Trinajstić information content (AvgIpc) is 2.49. The molecule has 98 valence electrons. The summed E-state index contributed by atoms with van der Waals surface area (Å²) in [5, 5.41) is 8.90. The Balaban J connectivity index is 2.04. The quantitative estimate of drug-likeness (QED) is 0.732. The van der Waals surface area contributed by atoms with Gasteiger partial charge in [-0.05, 0) is 35.2 Å². The van der Waals surface area contributed by atoms with Crippen LogP contribution in [0.1, 0.15) is 11.1 Å². The highest BCUT2D eigenvalue weighted by Crippen LogP contribution is 2.15. The largest absolute Gasteiger partial charge is 0.403 e. The van der Waals surface area contributed by atoms with Crippen molar-refractivity contribution in [3.63, 3.8) is 0 Å². The lowest BCUT2D eigenvalue weighted by Crippen LogP contribution is -2.13. The van der Waals surface area contributed by atoms with Gasteiger partial charge in [-0.3, -0.25) is 5.14 Å². The van der Waals surface area contributed by atoms with Crippen molar-refractivity contribution in [1.29, 1.82) is 0 Å². The molecule has 0 heterocycles. The van der Waals surface area contributed by atoms with Crippen molar-refractivity contribution in [2.45, 2.75) is 11.4 Å². The molecule has 2 aromatic rings. The Morgan fingerprint density at radius 2 is 1.89 bits per heavy atom. The van der Waals surface area contributed by atoms with Gasteiger partial charge in [0.2, 0.25) is 0 Å². The molecule has 0 amide bonds. The second-order valence-electron chi connectivity index (χ2n) is 4.07. The van der Waals surface area contributed by atoms with Crippen LogP contribution in [0.5, 0.6) is 0 Å². The van der Waals surface area contributed by atoms with Crippen LogP contribution >= 0.6 is 11.9 Å². The summed E-state index contributed by atoms with van der Waals surface area (Å²) in [6.07, 6.45) is 1.59. The highest BCUT2D eigenvalue weighted by molar-refractivity contribution is 7.97. The highest BCUT2D eigenvalue weighted by atomic mass is 32.2. The van der Waals surface area contributed by atoms with Gasteiger partial charge in [0, 0.05) is 17.6 Å². The third-order valence-corrected chi connectivity index (χ3v) is 3.30. The van der Waals surface area contributed by atoms with Gasteiger partial charge in [-0.2, -0.15) is 0 Å². The van der Waals surface area contributed by atoms with Crippen LogP contribution in [0, 0.1) is 0 Å². The molecule has 0 saturated heterocycles. The molecular weight excluding hydrogens is 254 g/mol. The minimum atomic E-state index is 0.715. The maximum Gasteiger partial charge on any atom is 0.0573 e. The number of rotatable bonds is 5. The Hall–Kier alpha value is -1.91. The standard InChI is InChI=1S/C15H17N3S/c16-10-15(13-6-2-1-3-7-13)18-11-12-5-4-8-14(9-12)19-17/h1-10,18H,11,16-17H2/b15-10-. The lowest BCUT2D eigenvalue weighted by atomic mass is 10.1. The first-order chi connectivity index (χ1) is 9.33. The zero-order chi connectivity index (χ0) is 13.5. The Kier molecular flexibility index (Phi) is 4.89. The molecule has 0 unspecified atom stereocenters. The number of nitrogens with two attached hydrogens (primary N) is 2. The van der Waals surface area contributed by atoms with Gasteiger partial charge < -0.3 is 11.1 Å². The molecule has 0 fully saturated rings. The molecule has 3 nitrogen and oxygen atoms in total. The topological polar surface area (TPSA) is 64.1 Å². The normalized spacial score (nSPS) is 11.3. The lowest BCUT2D eigenvalue weighted by Gasteiger charge is -2.11. The maximum absolute atomic E-state index is 5.68. The second kappa shape index (κ2) is 6.87. The Morgan fingerprint density at radius 3 is 2.58 bits per heavy atom. The highest BCUT2D eigenvalue weighted by Gasteiger charge is 2.00. The summed E-state index contributed by atoms with van der Waals surface area (Å²) in [5.41, 5.74) is 8.85. The van der Waals surface area contributed by atoms with Gasteiger partial charge >= 0.3 is 0 Å². The molecule has 4 heteroatoms. The van der Waals surface area contributed by atoms with Gasteiger partial charge in [0.25, 0.3) is 0 Å². The molecule has 19 heavy (non-hydrogen) atoms. The number of hydrogen-bond acceptors (Lipinski definition) is 4. The van der Waals surface area contributed by atoms with Gasteiger partial charge in [-0.1, -0.05) is 42.5 Å². The van der Waals surface area contributed by atoms with Crippen LogP contribution in [0.4, 0.5) is 0 Å². The molecule has 0 bridgehead atoms. The average molecular weight is 271 g/mol. The molecule has 0 aliphatic heterocycles. The lowest BCUT2D eigenvalue weighted by molar-refractivity contribution is 0.884. The van der Waals surface area contributed by atoms with Crippen LogP contribution in [0.3, 0.4) is 0 Å². The van der Waals surface area contributed by atoms with E-state index in [-0.39, 0.29) is 0 Å². The fourth-order valence-corrected chi connectivity index (χ4v) is 2.18. The van der Waals surface area contributed by atoms with E-state index in [1.54, 1.807) is 6.20 Å². The van der Waals surface area contributed by atoms with Gasteiger partial charge in [-0.15, -0.1) is 0 Å². The van der Waals surface area contributed by atoms with Gasteiger partial charge in [0.15, 0.2) is 0 Å². The predicted octanol–water partition coefficient (Wildman–Crippen LogP) is 2.70. The maximum atomic E-state index is 5.68. The summed E-state index contributed by atoms with van der Waals surface area (Å²) in [6.45, 7) is 0.715. The van der Waals surface area contributed by atoms with E-state index in [2.05, 4.69) is 17.4 Å². The first kappa shape index (κ1) is 13.5. The minimum absolute atomic E-state index is 0.715. The zero-order valence-electron chi connectivity index (χ0n) is 10.5. The number of nitrogens with one attached hydrogen (secondary N) is 1. The van der Waals surface area contributed by atoms with Crippen molar-refractivity contribution in [3.05, 3.63) is 71.9 Å².